The average molecular weight is 286 g/mol. The summed E-state index contributed by atoms with van der Waals surface area (Å²) in [6.07, 6.45) is 0. The number of benzene rings is 1. The topological polar surface area (TPSA) is 86.2 Å². The predicted molar refractivity (Wildman–Crippen MR) is 72.9 cm³/mol. The Hall–Kier alpha value is -0.980. The maximum atomic E-state index is 13.3. The van der Waals surface area contributed by atoms with Crippen molar-refractivity contribution >= 4 is 9.84 Å². The first-order valence-corrected chi connectivity index (χ1v) is 8.01. The Kier molecular flexibility index (Phi) is 3.68. The smallest absolute Gasteiger partial charge is 0.154 e. The predicted octanol–water partition coefficient (Wildman–Crippen LogP) is 0.630. The molecule has 0 aliphatic heterocycles. The Balaban J connectivity index is 2.45. The van der Waals surface area contributed by atoms with Gasteiger partial charge in [0.2, 0.25) is 0 Å². The van der Waals surface area contributed by atoms with Gasteiger partial charge in [0.15, 0.2) is 9.84 Å². The van der Waals surface area contributed by atoms with Gasteiger partial charge >= 0.3 is 0 Å². The Morgan fingerprint density at radius 1 is 1.32 bits per heavy atom. The van der Waals surface area contributed by atoms with Crippen LogP contribution in [0.15, 0.2) is 24.3 Å². The van der Waals surface area contributed by atoms with Crippen LogP contribution in [0.3, 0.4) is 0 Å². The molecular weight excluding hydrogens is 267 g/mol. The van der Waals surface area contributed by atoms with E-state index in [2.05, 4.69) is 0 Å². The number of nitrogens with two attached hydrogens (primary N) is 2. The van der Waals surface area contributed by atoms with Crippen molar-refractivity contribution in [2.45, 2.75) is 18.1 Å². The van der Waals surface area contributed by atoms with Crippen molar-refractivity contribution < 1.29 is 12.8 Å². The van der Waals surface area contributed by atoms with Gasteiger partial charge in [-0.25, -0.2) is 12.8 Å². The molecule has 106 valence electrons. The van der Waals surface area contributed by atoms with Gasteiger partial charge in [-0.2, -0.15) is 0 Å². The highest BCUT2D eigenvalue weighted by atomic mass is 32.2. The number of sulfone groups is 1. The summed E-state index contributed by atoms with van der Waals surface area (Å²) in [5, 5.41) is -0.596. The molecule has 1 aromatic carbocycles. The molecule has 1 saturated carbocycles. The molecule has 19 heavy (non-hydrogen) atoms. The zero-order chi connectivity index (χ0) is 14.3. The van der Waals surface area contributed by atoms with Crippen molar-refractivity contribution in [3.05, 3.63) is 35.6 Å². The number of halogens is 1. The molecule has 0 bridgehead atoms. The summed E-state index contributed by atoms with van der Waals surface area (Å²) in [7, 11) is -3.25. The second-order valence-corrected chi connectivity index (χ2v) is 7.46. The maximum Gasteiger partial charge on any atom is 0.154 e. The molecule has 0 heterocycles. The minimum atomic E-state index is -3.25. The number of hydrogen-bond acceptors (Lipinski definition) is 4. The van der Waals surface area contributed by atoms with Crippen molar-refractivity contribution in [3.63, 3.8) is 0 Å². The summed E-state index contributed by atoms with van der Waals surface area (Å²) in [5.41, 5.74) is 11.5. The van der Waals surface area contributed by atoms with Crippen LogP contribution in [0, 0.1) is 11.2 Å². The molecule has 1 aromatic rings. The Morgan fingerprint density at radius 3 is 2.42 bits per heavy atom. The molecule has 4 nitrogen and oxygen atoms in total. The van der Waals surface area contributed by atoms with E-state index >= 15 is 0 Å². The summed E-state index contributed by atoms with van der Waals surface area (Å²) in [6.45, 7) is 1.98. The summed E-state index contributed by atoms with van der Waals surface area (Å²) in [4.78, 5) is 0. The lowest BCUT2D eigenvalue weighted by molar-refractivity contribution is 0.509. The fraction of sp³-hybridized carbons (Fsp3) is 0.538. The fourth-order valence-corrected chi connectivity index (χ4v) is 5.15. The van der Waals surface area contributed by atoms with Crippen molar-refractivity contribution in [2.24, 2.45) is 16.9 Å². The van der Waals surface area contributed by atoms with Gasteiger partial charge in [0.25, 0.3) is 0 Å². The van der Waals surface area contributed by atoms with Gasteiger partial charge in [-0.05, 0) is 17.7 Å². The first-order chi connectivity index (χ1) is 8.93. The molecule has 1 aliphatic rings. The van der Waals surface area contributed by atoms with Gasteiger partial charge in [-0.15, -0.1) is 0 Å². The summed E-state index contributed by atoms with van der Waals surface area (Å²) in [6, 6.07) is 6.02. The van der Waals surface area contributed by atoms with E-state index in [4.69, 9.17) is 11.5 Å². The van der Waals surface area contributed by atoms with Crippen LogP contribution in [0.25, 0.3) is 0 Å². The molecular formula is C13H19FN2O2S. The van der Waals surface area contributed by atoms with Crippen LogP contribution in [-0.2, 0) is 9.84 Å². The van der Waals surface area contributed by atoms with Crippen molar-refractivity contribution in [1.29, 1.82) is 0 Å². The van der Waals surface area contributed by atoms with E-state index in [0.717, 1.165) is 0 Å². The lowest BCUT2D eigenvalue weighted by atomic mass is 9.99. The molecule has 0 spiro atoms. The monoisotopic (exact) mass is 286 g/mol. The molecule has 4 N–H and O–H groups in total. The van der Waals surface area contributed by atoms with Crippen LogP contribution >= 0.6 is 0 Å². The van der Waals surface area contributed by atoms with E-state index in [0.29, 0.717) is 5.56 Å². The van der Waals surface area contributed by atoms with Crippen molar-refractivity contribution in [2.75, 3.05) is 18.8 Å². The van der Waals surface area contributed by atoms with Gasteiger partial charge < -0.3 is 11.5 Å². The van der Waals surface area contributed by atoms with E-state index < -0.39 is 20.5 Å². The lowest BCUT2D eigenvalue weighted by Gasteiger charge is -2.12. The molecule has 0 amide bonds. The van der Waals surface area contributed by atoms with Crippen molar-refractivity contribution in [1.82, 2.24) is 0 Å². The van der Waals surface area contributed by atoms with Crippen LogP contribution in [-0.4, -0.2) is 32.5 Å². The largest absolute Gasteiger partial charge is 0.330 e. The zero-order valence-corrected chi connectivity index (χ0v) is 11.7. The first-order valence-electron chi connectivity index (χ1n) is 6.30. The minimum Gasteiger partial charge on any atom is -0.330 e. The van der Waals surface area contributed by atoms with Crippen LogP contribution in [0.1, 0.15) is 18.4 Å². The van der Waals surface area contributed by atoms with Gasteiger partial charge in [-0.3, -0.25) is 0 Å². The van der Waals surface area contributed by atoms with Crippen molar-refractivity contribution in [3.8, 4) is 0 Å². The Morgan fingerprint density at radius 2 is 1.95 bits per heavy atom. The normalized spacial score (nSPS) is 25.3. The minimum absolute atomic E-state index is 0.0469. The molecule has 1 fully saturated rings. The third-order valence-electron chi connectivity index (χ3n) is 4.14. The third-order valence-corrected chi connectivity index (χ3v) is 6.46. The fourth-order valence-electron chi connectivity index (χ4n) is 2.97. The first kappa shape index (κ1) is 14.4. The average Bonchev–Trinajstić information content (AvgIpc) is 3.09. The van der Waals surface area contributed by atoms with Crippen LogP contribution in [0.4, 0.5) is 4.39 Å². The highest BCUT2D eigenvalue weighted by molar-refractivity contribution is 7.92. The standard InChI is InChI=1S/C13H19FN2O2S/c1-2-19(17,18)12-11(13(12,7-15)8-16)9-4-3-5-10(14)6-9/h3-6,11-12H,2,7-8,15-16H2,1H3/t11-,12-/m1/s1. The molecule has 2 atom stereocenters. The summed E-state index contributed by atoms with van der Waals surface area (Å²) in [5.74, 6) is -0.631. The Bertz CT molecular complexity index is 570. The van der Waals surface area contributed by atoms with E-state index in [-0.39, 0.29) is 30.6 Å². The van der Waals surface area contributed by atoms with Gasteiger partial charge in [0.1, 0.15) is 5.82 Å². The van der Waals surface area contributed by atoms with Crippen LogP contribution in [0.2, 0.25) is 0 Å². The van der Waals surface area contributed by atoms with E-state index in [9.17, 15) is 12.8 Å². The van der Waals surface area contributed by atoms with E-state index in [1.165, 1.54) is 12.1 Å². The van der Waals surface area contributed by atoms with E-state index in [1.54, 1.807) is 19.1 Å². The highest BCUT2D eigenvalue weighted by Gasteiger charge is 2.68. The second-order valence-electron chi connectivity index (χ2n) is 5.05. The molecule has 2 rings (SSSR count). The highest BCUT2D eigenvalue weighted by Crippen LogP contribution is 2.61. The molecule has 0 radical (unpaired) electrons. The van der Waals surface area contributed by atoms with Gasteiger partial charge in [0, 0.05) is 30.2 Å². The molecule has 0 aromatic heterocycles. The van der Waals surface area contributed by atoms with Crippen LogP contribution < -0.4 is 11.5 Å². The lowest BCUT2D eigenvalue weighted by Crippen LogP contribution is -2.31. The van der Waals surface area contributed by atoms with Gasteiger partial charge in [-0.1, -0.05) is 19.1 Å². The second kappa shape index (κ2) is 4.85. The third kappa shape index (κ3) is 2.17. The molecule has 1 aliphatic carbocycles. The number of rotatable bonds is 5. The van der Waals surface area contributed by atoms with Gasteiger partial charge in [0.05, 0.1) is 5.25 Å². The maximum absolute atomic E-state index is 13.3. The SMILES string of the molecule is CCS(=O)(=O)[C@@H]1[C@@H](c2cccc(F)c2)C1(CN)CN. The quantitative estimate of drug-likeness (QED) is 0.831. The summed E-state index contributed by atoms with van der Waals surface area (Å²) >= 11 is 0. The summed E-state index contributed by atoms with van der Waals surface area (Å²) < 4.78 is 37.6. The zero-order valence-electron chi connectivity index (χ0n) is 10.8. The molecule has 0 saturated heterocycles. The Labute approximate surface area is 112 Å². The number of hydrogen-bond donors (Lipinski definition) is 2. The van der Waals surface area contributed by atoms with E-state index in [1.807, 2.05) is 0 Å². The molecule has 0 unspecified atom stereocenters. The molecule has 6 heteroatoms. The van der Waals surface area contributed by atoms with Crippen LogP contribution in [0.5, 0.6) is 0 Å².